The Hall–Kier alpha value is -3.30. The molecule has 0 spiro atoms. The number of nitrogens with zero attached hydrogens (tertiary/aromatic N) is 3. The molecule has 2 aliphatic rings. The number of esters is 1. The van der Waals surface area contributed by atoms with Crippen molar-refractivity contribution in [1.29, 1.82) is 0 Å². The highest BCUT2D eigenvalue weighted by molar-refractivity contribution is 5.87. The van der Waals surface area contributed by atoms with Crippen LogP contribution in [0.3, 0.4) is 0 Å². The van der Waals surface area contributed by atoms with Gasteiger partial charge in [-0.3, -0.25) is 9.59 Å². The second-order valence-corrected chi connectivity index (χ2v) is 9.22. The van der Waals surface area contributed by atoms with Gasteiger partial charge in [-0.25, -0.2) is 9.18 Å². The molecule has 9 heteroatoms. The number of pyridine rings is 2. The Morgan fingerprint density at radius 2 is 1.97 bits per heavy atom. The smallest absolute Gasteiger partial charge is 0.343 e. The van der Waals surface area contributed by atoms with Crippen LogP contribution in [-0.2, 0) is 34.8 Å². The van der Waals surface area contributed by atoms with Crippen LogP contribution in [0.15, 0.2) is 33.9 Å². The standard InChI is InChI=1S/C25H26FN3O5/c1-4-25(33)17-11-19-21-20(12-29(19)23(31)16(17)13-34-24(25)32)28(9-5-8-27(2)3)18-7-6-14(26)10-15(18)22(21)30/h6-7,10-11,33H,4-5,8-9,12-13H2,1-3H3/t25-/m0/s1. The molecule has 1 aromatic carbocycles. The van der Waals surface area contributed by atoms with Gasteiger partial charge in [-0.15, -0.1) is 0 Å². The van der Waals surface area contributed by atoms with Gasteiger partial charge in [0.25, 0.3) is 5.56 Å². The minimum atomic E-state index is -1.96. The van der Waals surface area contributed by atoms with Crippen LogP contribution in [-0.4, -0.2) is 45.8 Å². The predicted molar refractivity (Wildman–Crippen MR) is 124 cm³/mol. The molecule has 5 rings (SSSR count). The number of hydrogen-bond acceptors (Lipinski definition) is 6. The summed E-state index contributed by atoms with van der Waals surface area (Å²) in [7, 11) is 3.95. The second kappa shape index (κ2) is 7.89. The molecule has 0 radical (unpaired) electrons. The molecule has 0 saturated carbocycles. The molecular weight excluding hydrogens is 441 g/mol. The molecule has 1 N–H and O–H groups in total. The van der Waals surface area contributed by atoms with Crippen LogP contribution in [0, 0.1) is 5.82 Å². The van der Waals surface area contributed by atoms with Gasteiger partial charge in [0.05, 0.1) is 34.6 Å². The van der Waals surface area contributed by atoms with Gasteiger partial charge in [0, 0.05) is 17.5 Å². The molecule has 8 nitrogen and oxygen atoms in total. The number of cyclic esters (lactones) is 1. The highest BCUT2D eigenvalue weighted by Crippen LogP contribution is 2.38. The number of carbonyl (C=O) groups excluding carboxylic acids is 1. The minimum absolute atomic E-state index is 0.0201. The van der Waals surface area contributed by atoms with Gasteiger partial charge in [-0.05, 0) is 57.7 Å². The molecule has 0 saturated heterocycles. The minimum Gasteiger partial charge on any atom is -0.458 e. The van der Waals surface area contributed by atoms with Crippen molar-refractivity contribution in [2.45, 2.75) is 45.1 Å². The number of carbonyl (C=O) groups is 1. The summed E-state index contributed by atoms with van der Waals surface area (Å²) in [4.78, 5) is 41.5. The number of benzene rings is 1. The molecule has 4 heterocycles. The quantitative estimate of drug-likeness (QED) is 0.451. The lowest BCUT2D eigenvalue weighted by Crippen LogP contribution is -2.44. The molecule has 3 aromatic rings. The monoisotopic (exact) mass is 467 g/mol. The van der Waals surface area contributed by atoms with E-state index in [1.807, 2.05) is 18.7 Å². The maximum Gasteiger partial charge on any atom is 0.343 e. The number of hydrogen-bond donors (Lipinski definition) is 1. The van der Waals surface area contributed by atoms with Crippen molar-refractivity contribution < 1.29 is 19.0 Å². The van der Waals surface area contributed by atoms with Crippen molar-refractivity contribution >= 4 is 16.9 Å². The summed E-state index contributed by atoms with van der Waals surface area (Å²) in [5.74, 6) is -1.33. The fraction of sp³-hybridized carbons (Fsp3) is 0.400. The van der Waals surface area contributed by atoms with Gasteiger partial charge < -0.3 is 23.9 Å². The number of aliphatic hydroxyl groups is 1. The van der Waals surface area contributed by atoms with E-state index in [1.54, 1.807) is 19.1 Å². The number of aryl methyl sites for hydroxylation is 1. The normalized spacial score (nSPS) is 18.7. The summed E-state index contributed by atoms with van der Waals surface area (Å²) in [5, 5.41) is 11.3. The topological polar surface area (TPSA) is 93.8 Å². The van der Waals surface area contributed by atoms with E-state index in [0.29, 0.717) is 29.0 Å². The molecule has 2 aromatic heterocycles. The van der Waals surface area contributed by atoms with Crippen molar-refractivity contribution in [2.24, 2.45) is 0 Å². The number of fused-ring (bicyclic) bond motifs is 5. The van der Waals surface area contributed by atoms with Crippen molar-refractivity contribution in [1.82, 2.24) is 14.0 Å². The van der Waals surface area contributed by atoms with Gasteiger partial charge >= 0.3 is 5.97 Å². The van der Waals surface area contributed by atoms with Gasteiger partial charge in [0.15, 0.2) is 11.0 Å². The Morgan fingerprint density at radius 1 is 1.21 bits per heavy atom. The van der Waals surface area contributed by atoms with E-state index >= 15 is 0 Å². The first kappa shape index (κ1) is 22.5. The van der Waals surface area contributed by atoms with E-state index in [0.717, 1.165) is 13.0 Å². The van der Waals surface area contributed by atoms with Crippen molar-refractivity contribution in [3.63, 3.8) is 0 Å². The van der Waals surface area contributed by atoms with Gasteiger partial charge in [0.2, 0.25) is 0 Å². The van der Waals surface area contributed by atoms with Gasteiger partial charge in [-0.1, -0.05) is 6.92 Å². The van der Waals surface area contributed by atoms with Crippen LogP contribution in [0.1, 0.15) is 36.6 Å². The Morgan fingerprint density at radius 3 is 2.68 bits per heavy atom. The summed E-state index contributed by atoms with van der Waals surface area (Å²) < 4.78 is 22.7. The highest BCUT2D eigenvalue weighted by Gasteiger charge is 2.45. The lowest BCUT2D eigenvalue weighted by molar-refractivity contribution is -0.172. The fourth-order valence-corrected chi connectivity index (χ4v) is 5.11. The molecule has 34 heavy (non-hydrogen) atoms. The maximum absolute atomic E-state index is 14.1. The third-order valence-corrected chi connectivity index (χ3v) is 6.93. The van der Waals surface area contributed by atoms with E-state index in [1.165, 1.54) is 16.7 Å². The molecule has 1 atom stereocenters. The number of halogens is 1. The summed E-state index contributed by atoms with van der Waals surface area (Å²) >= 11 is 0. The molecular formula is C25H26FN3O5. The first-order chi connectivity index (χ1) is 16.2. The van der Waals surface area contributed by atoms with E-state index < -0.39 is 22.9 Å². The third-order valence-electron chi connectivity index (χ3n) is 6.93. The molecule has 0 aliphatic carbocycles. The summed E-state index contributed by atoms with van der Waals surface area (Å²) in [6.45, 7) is 2.95. The molecule has 0 unspecified atom stereocenters. The van der Waals surface area contributed by atoms with Crippen LogP contribution in [0.5, 0.6) is 0 Å². The van der Waals surface area contributed by atoms with Crippen molar-refractivity contribution in [2.75, 3.05) is 20.6 Å². The maximum atomic E-state index is 14.1. The molecule has 0 amide bonds. The fourth-order valence-electron chi connectivity index (χ4n) is 5.11. The average Bonchev–Trinajstić information content (AvgIpc) is 3.19. The SMILES string of the molecule is CC[C@@]1(O)C(=O)OCc2c1cc1n(c2=O)Cc2c-1c(=O)c1cc(F)ccc1n2CCCN(C)C. The summed E-state index contributed by atoms with van der Waals surface area (Å²) in [5.41, 5.74) is -0.449. The zero-order chi connectivity index (χ0) is 24.4. The summed E-state index contributed by atoms with van der Waals surface area (Å²) in [6.07, 6.45) is 0.806. The predicted octanol–water partition coefficient (Wildman–Crippen LogP) is 1.94. The first-order valence-electron chi connectivity index (χ1n) is 11.3. The van der Waals surface area contributed by atoms with Crippen LogP contribution in [0.2, 0.25) is 0 Å². The Balaban J connectivity index is 1.80. The highest BCUT2D eigenvalue weighted by atomic mass is 19.1. The van der Waals surface area contributed by atoms with Crippen LogP contribution in [0.4, 0.5) is 4.39 Å². The van der Waals surface area contributed by atoms with Crippen LogP contribution in [0.25, 0.3) is 22.2 Å². The molecule has 0 bridgehead atoms. The van der Waals surface area contributed by atoms with Crippen LogP contribution < -0.4 is 11.0 Å². The lowest BCUT2D eigenvalue weighted by Gasteiger charge is -2.31. The van der Waals surface area contributed by atoms with Crippen LogP contribution >= 0.6 is 0 Å². The zero-order valence-corrected chi connectivity index (χ0v) is 19.4. The Kier molecular flexibility index (Phi) is 5.22. The van der Waals surface area contributed by atoms with E-state index in [9.17, 15) is 23.9 Å². The zero-order valence-electron chi connectivity index (χ0n) is 19.4. The number of ether oxygens (including phenoxy) is 1. The van der Waals surface area contributed by atoms with Crippen molar-refractivity contribution in [3.05, 3.63) is 67.5 Å². The largest absolute Gasteiger partial charge is 0.458 e. The number of rotatable bonds is 5. The van der Waals surface area contributed by atoms with E-state index in [-0.39, 0.29) is 41.5 Å². The Bertz CT molecular complexity index is 1470. The first-order valence-corrected chi connectivity index (χ1v) is 11.3. The van der Waals surface area contributed by atoms with Gasteiger partial charge in [-0.2, -0.15) is 0 Å². The Labute approximate surface area is 194 Å². The lowest BCUT2D eigenvalue weighted by atomic mass is 9.86. The van der Waals surface area contributed by atoms with E-state index in [2.05, 4.69) is 4.90 Å². The average molecular weight is 467 g/mol. The molecule has 0 fully saturated rings. The molecule has 2 aliphatic heterocycles. The van der Waals surface area contributed by atoms with Crippen molar-refractivity contribution in [3.8, 4) is 11.3 Å². The second-order valence-electron chi connectivity index (χ2n) is 9.22. The third kappa shape index (κ3) is 3.14. The van der Waals surface area contributed by atoms with E-state index in [4.69, 9.17) is 4.74 Å². The molecule has 178 valence electrons. The number of aromatic nitrogens is 2. The summed E-state index contributed by atoms with van der Waals surface area (Å²) in [6, 6.07) is 5.71. The van der Waals surface area contributed by atoms with Gasteiger partial charge in [0.1, 0.15) is 12.4 Å².